The molecule has 140 valence electrons. The molecular formula is C22H25N3O2. The summed E-state index contributed by atoms with van der Waals surface area (Å²) in [6, 6.07) is 12.2. The SMILES string of the molecule is CC(=O)NC1C[C@@H]2CC(NC(=O)c3cccc(-c4ccncc4)c3)C[C@@H]2C1. The van der Waals surface area contributed by atoms with Crippen LogP contribution in [0.2, 0.25) is 0 Å². The Labute approximate surface area is 159 Å². The summed E-state index contributed by atoms with van der Waals surface area (Å²) < 4.78 is 0. The number of aromatic nitrogens is 1. The molecule has 1 aromatic carbocycles. The minimum atomic E-state index is -0.00529. The molecule has 2 fully saturated rings. The Morgan fingerprint density at radius 2 is 1.52 bits per heavy atom. The molecule has 5 nitrogen and oxygen atoms in total. The maximum Gasteiger partial charge on any atom is 0.251 e. The lowest BCUT2D eigenvalue weighted by atomic mass is 10.0. The van der Waals surface area contributed by atoms with Crippen LogP contribution in [0, 0.1) is 11.8 Å². The fraction of sp³-hybridized carbons (Fsp3) is 0.409. The third kappa shape index (κ3) is 4.02. The predicted octanol–water partition coefficient (Wildman–Crippen LogP) is 3.17. The second-order valence-electron chi connectivity index (χ2n) is 7.85. The summed E-state index contributed by atoms with van der Waals surface area (Å²) in [4.78, 5) is 28.0. The van der Waals surface area contributed by atoms with Crippen molar-refractivity contribution >= 4 is 11.8 Å². The molecule has 0 spiro atoms. The Morgan fingerprint density at radius 1 is 0.889 bits per heavy atom. The minimum Gasteiger partial charge on any atom is -0.354 e. The molecule has 4 atom stereocenters. The van der Waals surface area contributed by atoms with E-state index in [9.17, 15) is 9.59 Å². The van der Waals surface area contributed by atoms with Crippen LogP contribution >= 0.6 is 0 Å². The van der Waals surface area contributed by atoms with Gasteiger partial charge in [-0.05, 0) is 72.9 Å². The number of carbonyl (C=O) groups is 2. The Bertz CT molecular complexity index is 822. The summed E-state index contributed by atoms with van der Waals surface area (Å²) in [6.45, 7) is 1.58. The van der Waals surface area contributed by atoms with Crippen molar-refractivity contribution < 1.29 is 9.59 Å². The highest BCUT2D eigenvalue weighted by Gasteiger charge is 2.42. The highest BCUT2D eigenvalue weighted by atomic mass is 16.2. The Kier molecular flexibility index (Phi) is 4.92. The van der Waals surface area contributed by atoms with Crippen LogP contribution in [0.5, 0.6) is 0 Å². The molecule has 2 aliphatic rings. The number of pyridine rings is 1. The second kappa shape index (κ2) is 7.51. The predicted molar refractivity (Wildman–Crippen MR) is 104 cm³/mol. The molecule has 2 aliphatic carbocycles. The molecule has 0 aliphatic heterocycles. The lowest BCUT2D eigenvalue weighted by Crippen LogP contribution is -2.35. The first-order valence-electron chi connectivity index (χ1n) is 9.67. The van der Waals surface area contributed by atoms with Crippen LogP contribution in [0.3, 0.4) is 0 Å². The molecule has 2 N–H and O–H groups in total. The molecule has 1 heterocycles. The van der Waals surface area contributed by atoms with Gasteiger partial charge in [-0.3, -0.25) is 14.6 Å². The van der Waals surface area contributed by atoms with Gasteiger partial charge in [-0.25, -0.2) is 0 Å². The van der Waals surface area contributed by atoms with Gasteiger partial charge in [-0.15, -0.1) is 0 Å². The molecular weight excluding hydrogens is 338 g/mol. The number of carbonyl (C=O) groups excluding carboxylic acids is 2. The Hall–Kier alpha value is -2.69. The van der Waals surface area contributed by atoms with Gasteiger partial charge < -0.3 is 10.6 Å². The van der Waals surface area contributed by atoms with E-state index in [1.165, 1.54) is 0 Å². The van der Waals surface area contributed by atoms with Crippen LogP contribution in [-0.4, -0.2) is 28.9 Å². The maximum atomic E-state index is 12.7. The first-order chi connectivity index (χ1) is 13.1. The van der Waals surface area contributed by atoms with Gasteiger partial charge in [0, 0.05) is 37.0 Å². The van der Waals surface area contributed by atoms with E-state index in [0.717, 1.165) is 36.8 Å². The van der Waals surface area contributed by atoms with Crippen LogP contribution in [0.1, 0.15) is 43.0 Å². The Morgan fingerprint density at radius 3 is 2.15 bits per heavy atom. The first kappa shape index (κ1) is 17.7. The van der Waals surface area contributed by atoms with Crippen LogP contribution in [0.4, 0.5) is 0 Å². The molecule has 2 saturated carbocycles. The molecule has 0 saturated heterocycles. The second-order valence-corrected chi connectivity index (χ2v) is 7.85. The van der Waals surface area contributed by atoms with E-state index in [-0.39, 0.29) is 17.9 Å². The smallest absolute Gasteiger partial charge is 0.251 e. The van der Waals surface area contributed by atoms with Gasteiger partial charge in [-0.2, -0.15) is 0 Å². The standard InChI is InChI=1S/C22H25N3O2/c1-14(26)24-20-10-18-12-21(13-19(18)11-20)25-22(27)17-4-2-3-16(9-17)15-5-7-23-8-6-15/h2-9,18-21H,10-13H2,1H3,(H,24,26)(H,25,27)/t18-,19+,20?,21?. The van der Waals surface area contributed by atoms with Crippen LogP contribution < -0.4 is 10.6 Å². The summed E-state index contributed by atoms with van der Waals surface area (Å²) >= 11 is 0. The van der Waals surface area contributed by atoms with Crippen molar-refractivity contribution in [3.05, 3.63) is 54.4 Å². The van der Waals surface area contributed by atoms with E-state index in [1.807, 2.05) is 36.4 Å². The monoisotopic (exact) mass is 363 g/mol. The summed E-state index contributed by atoms with van der Waals surface area (Å²) in [5, 5.41) is 6.26. The van der Waals surface area contributed by atoms with Gasteiger partial charge in [0.15, 0.2) is 0 Å². The lowest BCUT2D eigenvalue weighted by molar-refractivity contribution is -0.119. The van der Waals surface area contributed by atoms with Crippen molar-refractivity contribution in [1.82, 2.24) is 15.6 Å². The van der Waals surface area contributed by atoms with Gasteiger partial charge >= 0.3 is 0 Å². The van der Waals surface area contributed by atoms with E-state index >= 15 is 0 Å². The van der Waals surface area contributed by atoms with E-state index in [1.54, 1.807) is 19.3 Å². The zero-order valence-electron chi connectivity index (χ0n) is 15.5. The third-order valence-electron chi connectivity index (χ3n) is 5.90. The van der Waals surface area contributed by atoms with E-state index in [2.05, 4.69) is 15.6 Å². The van der Waals surface area contributed by atoms with Crippen molar-refractivity contribution in [2.24, 2.45) is 11.8 Å². The molecule has 0 bridgehead atoms. The molecule has 27 heavy (non-hydrogen) atoms. The first-order valence-corrected chi connectivity index (χ1v) is 9.67. The van der Waals surface area contributed by atoms with Gasteiger partial charge in [-0.1, -0.05) is 12.1 Å². The van der Waals surface area contributed by atoms with Crippen LogP contribution in [-0.2, 0) is 4.79 Å². The van der Waals surface area contributed by atoms with Crippen molar-refractivity contribution in [1.29, 1.82) is 0 Å². The van der Waals surface area contributed by atoms with E-state index in [0.29, 0.717) is 23.4 Å². The molecule has 5 heteroatoms. The normalized spacial score (nSPS) is 26.4. The number of rotatable bonds is 4. The number of hydrogen-bond acceptors (Lipinski definition) is 3. The summed E-state index contributed by atoms with van der Waals surface area (Å²) in [5.41, 5.74) is 2.77. The largest absolute Gasteiger partial charge is 0.354 e. The van der Waals surface area contributed by atoms with E-state index in [4.69, 9.17) is 0 Å². The van der Waals surface area contributed by atoms with Gasteiger partial charge in [0.05, 0.1) is 0 Å². The fourth-order valence-corrected chi connectivity index (χ4v) is 4.79. The number of benzene rings is 1. The highest BCUT2D eigenvalue weighted by molar-refractivity contribution is 5.95. The summed E-state index contributed by atoms with van der Waals surface area (Å²) in [6.07, 6.45) is 7.61. The molecule has 4 rings (SSSR count). The minimum absolute atomic E-state index is 0.00529. The average Bonchev–Trinajstić information content (AvgIpc) is 3.19. The molecule has 0 radical (unpaired) electrons. The van der Waals surface area contributed by atoms with Crippen molar-refractivity contribution in [3.63, 3.8) is 0 Å². The number of hydrogen-bond donors (Lipinski definition) is 2. The van der Waals surface area contributed by atoms with Crippen molar-refractivity contribution in [2.45, 2.75) is 44.7 Å². The Balaban J connectivity index is 1.37. The van der Waals surface area contributed by atoms with Gasteiger partial charge in [0.1, 0.15) is 0 Å². The number of nitrogens with one attached hydrogen (secondary N) is 2. The molecule has 2 unspecified atom stereocenters. The third-order valence-corrected chi connectivity index (χ3v) is 5.90. The highest BCUT2D eigenvalue weighted by Crippen LogP contribution is 2.44. The van der Waals surface area contributed by atoms with Crippen LogP contribution in [0.15, 0.2) is 48.8 Å². The number of nitrogens with zero attached hydrogens (tertiary/aromatic N) is 1. The van der Waals surface area contributed by atoms with Gasteiger partial charge in [0.25, 0.3) is 5.91 Å². The quantitative estimate of drug-likeness (QED) is 0.876. The summed E-state index contributed by atoms with van der Waals surface area (Å²) in [7, 11) is 0. The van der Waals surface area contributed by atoms with Crippen molar-refractivity contribution in [3.8, 4) is 11.1 Å². The fourth-order valence-electron chi connectivity index (χ4n) is 4.79. The number of amides is 2. The lowest BCUT2D eigenvalue weighted by Gasteiger charge is -2.17. The zero-order chi connectivity index (χ0) is 18.8. The van der Waals surface area contributed by atoms with Crippen molar-refractivity contribution in [2.75, 3.05) is 0 Å². The van der Waals surface area contributed by atoms with E-state index < -0.39 is 0 Å². The average molecular weight is 363 g/mol. The van der Waals surface area contributed by atoms with Gasteiger partial charge in [0.2, 0.25) is 5.91 Å². The maximum absolute atomic E-state index is 12.7. The number of fused-ring (bicyclic) bond motifs is 1. The molecule has 2 amide bonds. The zero-order valence-corrected chi connectivity index (χ0v) is 15.5. The topological polar surface area (TPSA) is 71.1 Å². The molecule has 1 aromatic heterocycles. The van der Waals surface area contributed by atoms with Crippen LogP contribution in [0.25, 0.3) is 11.1 Å². The summed E-state index contributed by atoms with van der Waals surface area (Å²) in [5.74, 6) is 1.26. The molecule has 2 aromatic rings.